The highest BCUT2D eigenvalue weighted by Crippen LogP contribution is 2.55. The lowest BCUT2D eigenvalue weighted by molar-refractivity contribution is -0.0109. The number of hydrogen-bond acceptors (Lipinski definition) is 7. The average molecular weight is 409 g/mol. The molecule has 0 aromatic rings. The molecule has 0 radical (unpaired) electrons. The second kappa shape index (κ2) is 9.70. The van der Waals surface area contributed by atoms with E-state index in [2.05, 4.69) is 0 Å². The van der Waals surface area contributed by atoms with Gasteiger partial charge < -0.3 is 28.5 Å². The molecule has 1 saturated heterocycles. The van der Waals surface area contributed by atoms with Gasteiger partial charge in [0.2, 0.25) is 0 Å². The van der Waals surface area contributed by atoms with E-state index in [9.17, 15) is 14.5 Å². The van der Waals surface area contributed by atoms with Gasteiger partial charge in [0.25, 0.3) is 0 Å². The Morgan fingerprint density at radius 1 is 1.11 bits per heavy atom. The molecule has 1 heterocycles. The van der Waals surface area contributed by atoms with Crippen LogP contribution in [0.3, 0.4) is 0 Å². The summed E-state index contributed by atoms with van der Waals surface area (Å²) in [5.74, 6) is 0. The predicted octanol–water partition coefficient (Wildman–Crippen LogP) is 3.41. The van der Waals surface area contributed by atoms with E-state index in [0.717, 1.165) is 0 Å². The molecular formula is C18H36NO7P. The van der Waals surface area contributed by atoms with Crippen LogP contribution in [0.2, 0.25) is 0 Å². The summed E-state index contributed by atoms with van der Waals surface area (Å²) in [6, 6.07) is 0. The third-order valence-electron chi connectivity index (χ3n) is 3.70. The topological polar surface area (TPSA) is 94.5 Å². The molecule has 160 valence electrons. The normalized spacial score (nSPS) is 22.6. The Morgan fingerprint density at radius 3 is 2.07 bits per heavy atom. The Bertz CT molecular complexity index is 518. The number of amides is 1. The molecule has 0 spiro atoms. The van der Waals surface area contributed by atoms with Crippen molar-refractivity contribution in [3.05, 3.63) is 0 Å². The number of nitrogens with zero attached hydrogens (tertiary/aromatic N) is 1. The van der Waals surface area contributed by atoms with Crippen LogP contribution in [0.1, 0.15) is 55.4 Å². The summed E-state index contributed by atoms with van der Waals surface area (Å²) in [6.45, 7) is 14.7. The number of carbonyl (C=O) groups is 1. The number of carbonyl (C=O) groups excluding carboxylic acids is 1. The summed E-state index contributed by atoms with van der Waals surface area (Å²) in [5.41, 5.74) is -1.12. The lowest BCUT2D eigenvalue weighted by atomic mass is 10.2. The van der Waals surface area contributed by atoms with E-state index in [0.29, 0.717) is 0 Å². The van der Waals surface area contributed by atoms with Crippen LogP contribution in [-0.4, -0.2) is 71.5 Å². The van der Waals surface area contributed by atoms with Crippen molar-refractivity contribution in [2.24, 2.45) is 0 Å². The van der Waals surface area contributed by atoms with Crippen molar-refractivity contribution in [2.45, 2.75) is 91.1 Å². The van der Waals surface area contributed by atoms with Gasteiger partial charge in [-0.15, -0.1) is 0 Å². The minimum atomic E-state index is -3.37. The molecule has 27 heavy (non-hydrogen) atoms. The summed E-state index contributed by atoms with van der Waals surface area (Å²) in [5, 5.41) is 10.2. The Balaban J connectivity index is 2.65. The highest BCUT2D eigenvalue weighted by molar-refractivity contribution is 7.54. The van der Waals surface area contributed by atoms with Gasteiger partial charge in [-0.2, -0.15) is 0 Å². The average Bonchev–Trinajstić information content (AvgIpc) is 2.82. The van der Waals surface area contributed by atoms with E-state index in [4.69, 9.17) is 18.5 Å². The number of β-amino-alcohol motifs (C(OH)–C–C–N with tert-alkyl or cyclic N) is 1. The van der Waals surface area contributed by atoms with Crippen LogP contribution in [-0.2, 0) is 23.1 Å². The molecule has 8 nitrogen and oxygen atoms in total. The molecule has 0 aromatic heterocycles. The van der Waals surface area contributed by atoms with Crippen molar-refractivity contribution < 1.29 is 33.0 Å². The van der Waals surface area contributed by atoms with Gasteiger partial charge in [-0.3, -0.25) is 4.57 Å². The lowest BCUT2D eigenvalue weighted by Crippen LogP contribution is -2.36. The molecule has 1 unspecified atom stereocenters. The van der Waals surface area contributed by atoms with Crippen LogP contribution in [0.25, 0.3) is 0 Å². The highest BCUT2D eigenvalue weighted by atomic mass is 31.2. The van der Waals surface area contributed by atoms with E-state index in [1.165, 1.54) is 4.90 Å². The van der Waals surface area contributed by atoms with Gasteiger partial charge in [0.05, 0.1) is 43.7 Å². The van der Waals surface area contributed by atoms with Crippen LogP contribution in [0.5, 0.6) is 0 Å². The summed E-state index contributed by atoms with van der Waals surface area (Å²) in [7, 11) is -3.37. The van der Waals surface area contributed by atoms with Gasteiger partial charge in [0.15, 0.2) is 0 Å². The Morgan fingerprint density at radius 2 is 1.63 bits per heavy atom. The number of ether oxygens (including phenoxy) is 2. The molecule has 0 saturated carbocycles. The van der Waals surface area contributed by atoms with E-state index in [1.807, 2.05) is 0 Å². The fraction of sp³-hybridized carbons (Fsp3) is 0.944. The van der Waals surface area contributed by atoms with Gasteiger partial charge in [0.1, 0.15) is 11.7 Å². The molecule has 1 rings (SSSR count). The fourth-order valence-corrected chi connectivity index (χ4v) is 4.48. The van der Waals surface area contributed by atoms with Crippen molar-refractivity contribution in [3.8, 4) is 0 Å². The first-order chi connectivity index (χ1) is 12.2. The molecule has 1 aliphatic rings. The largest absolute Gasteiger partial charge is 0.444 e. The zero-order chi connectivity index (χ0) is 21.0. The molecule has 0 aromatic carbocycles. The molecule has 9 heteroatoms. The van der Waals surface area contributed by atoms with Crippen LogP contribution in [0.4, 0.5) is 4.79 Å². The zero-order valence-electron chi connectivity index (χ0n) is 17.8. The van der Waals surface area contributed by atoms with Crippen molar-refractivity contribution >= 4 is 13.7 Å². The standard InChI is InChI=1S/C18H36NO7P/c1-12(2)25-27(22,26-13(3)4)14(5)11-23-16-10-19(9-15(16)20)17(21)24-18(6,7)8/h12-16,20H,9-11H2,1-8H3/t14?,15-,16-/m0/s1. The van der Waals surface area contributed by atoms with Crippen LogP contribution < -0.4 is 0 Å². The van der Waals surface area contributed by atoms with Crippen molar-refractivity contribution in [3.63, 3.8) is 0 Å². The Kier molecular flexibility index (Phi) is 8.76. The first kappa shape index (κ1) is 24.4. The fourth-order valence-electron chi connectivity index (χ4n) is 2.57. The maximum absolute atomic E-state index is 13.1. The Hall–Kier alpha value is -0.660. The van der Waals surface area contributed by atoms with E-state index < -0.39 is 37.2 Å². The smallest absolute Gasteiger partial charge is 0.410 e. The monoisotopic (exact) mass is 409 g/mol. The quantitative estimate of drug-likeness (QED) is 0.614. The van der Waals surface area contributed by atoms with E-state index in [-0.39, 0.29) is 31.9 Å². The van der Waals surface area contributed by atoms with E-state index in [1.54, 1.807) is 55.4 Å². The summed E-state index contributed by atoms with van der Waals surface area (Å²) in [4.78, 5) is 13.6. The number of aliphatic hydroxyl groups is 1. The zero-order valence-corrected chi connectivity index (χ0v) is 18.7. The summed E-state index contributed by atoms with van der Waals surface area (Å²) in [6.07, 6.45) is -2.40. The van der Waals surface area contributed by atoms with Gasteiger partial charge in [-0.25, -0.2) is 4.79 Å². The highest BCUT2D eigenvalue weighted by Gasteiger charge is 2.40. The predicted molar refractivity (Wildman–Crippen MR) is 103 cm³/mol. The minimum absolute atomic E-state index is 0.0839. The van der Waals surface area contributed by atoms with Crippen LogP contribution >= 0.6 is 7.60 Å². The first-order valence-electron chi connectivity index (χ1n) is 9.47. The molecule has 0 bridgehead atoms. The summed E-state index contributed by atoms with van der Waals surface area (Å²) < 4.78 is 35.3. The second-order valence-corrected chi connectivity index (χ2v) is 10.9. The van der Waals surface area contributed by atoms with E-state index >= 15 is 0 Å². The summed E-state index contributed by atoms with van der Waals surface area (Å²) >= 11 is 0. The maximum Gasteiger partial charge on any atom is 0.410 e. The molecule has 0 aliphatic carbocycles. The van der Waals surface area contributed by atoms with Crippen molar-refractivity contribution in [1.29, 1.82) is 0 Å². The third kappa shape index (κ3) is 8.08. The minimum Gasteiger partial charge on any atom is -0.444 e. The number of likely N-dealkylation sites (tertiary alicyclic amines) is 1. The SMILES string of the molecule is CC(C)OP(=O)(OC(C)C)C(C)CO[C@H]1CN(C(=O)OC(C)(C)C)C[C@@H]1O. The van der Waals surface area contributed by atoms with Gasteiger partial charge in [-0.1, -0.05) is 0 Å². The van der Waals surface area contributed by atoms with Gasteiger partial charge >= 0.3 is 13.7 Å². The number of aliphatic hydroxyl groups excluding tert-OH is 1. The maximum atomic E-state index is 13.1. The first-order valence-corrected chi connectivity index (χ1v) is 11.1. The van der Waals surface area contributed by atoms with Crippen molar-refractivity contribution in [1.82, 2.24) is 4.90 Å². The third-order valence-corrected chi connectivity index (χ3v) is 6.36. The second-order valence-electron chi connectivity index (χ2n) is 8.52. The molecular weight excluding hydrogens is 373 g/mol. The number of rotatable bonds is 8. The Labute approximate surface area is 163 Å². The molecule has 3 atom stereocenters. The van der Waals surface area contributed by atoms with Gasteiger partial charge in [0, 0.05) is 0 Å². The molecule has 1 amide bonds. The molecule has 1 aliphatic heterocycles. The van der Waals surface area contributed by atoms with Crippen LogP contribution in [0.15, 0.2) is 0 Å². The van der Waals surface area contributed by atoms with Gasteiger partial charge in [-0.05, 0) is 55.4 Å². The lowest BCUT2D eigenvalue weighted by Gasteiger charge is -2.28. The van der Waals surface area contributed by atoms with Crippen LogP contribution in [0, 0.1) is 0 Å². The molecule has 1 fully saturated rings. The molecule has 1 N–H and O–H groups in total. The van der Waals surface area contributed by atoms with Crippen molar-refractivity contribution in [2.75, 3.05) is 19.7 Å². The number of hydrogen-bond donors (Lipinski definition) is 1.